The number of carbonyl (C=O) groups excluding carboxylic acids is 3. The number of nitrogens with zero attached hydrogens (tertiary/aromatic N) is 2. The van der Waals surface area contributed by atoms with Crippen molar-refractivity contribution in [3.05, 3.63) is 70.2 Å². The van der Waals surface area contributed by atoms with Crippen molar-refractivity contribution in [1.82, 2.24) is 9.69 Å². The molecule has 2 fully saturated rings. The fourth-order valence-electron chi connectivity index (χ4n) is 5.89. The van der Waals surface area contributed by atoms with Crippen LogP contribution in [0, 0.1) is 0 Å². The predicted octanol–water partition coefficient (Wildman–Crippen LogP) is 5.02. The molecule has 10 heteroatoms. The Balaban J connectivity index is 1.59. The lowest BCUT2D eigenvalue weighted by molar-refractivity contribution is -0.123. The first-order valence-electron chi connectivity index (χ1n) is 13.9. The first-order valence-corrected chi connectivity index (χ1v) is 14.7. The largest absolute Gasteiger partial charge is 0.508 e. The van der Waals surface area contributed by atoms with Crippen LogP contribution >= 0.6 is 11.5 Å². The van der Waals surface area contributed by atoms with E-state index in [4.69, 9.17) is 11.5 Å². The molecule has 0 spiro atoms. The number of nitrogens with two attached hydrogens (primary N) is 2. The third kappa shape index (κ3) is 5.82. The zero-order chi connectivity index (χ0) is 28.2. The third-order valence-electron chi connectivity index (χ3n) is 8.04. The lowest BCUT2D eigenvalue weighted by Gasteiger charge is -2.32. The van der Waals surface area contributed by atoms with E-state index in [-0.39, 0.29) is 34.0 Å². The Hall–Kier alpha value is -3.92. The maximum Gasteiger partial charge on any atom is 0.273 e. The van der Waals surface area contributed by atoms with E-state index in [0.717, 1.165) is 50.1 Å². The third-order valence-corrected chi connectivity index (χ3v) is 8.89. The number of amides is 3. The first-order chi connectivity index (χ1) is 19.3. The summed E-state index contributed by atoms with van der Waals surface area (Å²) in [6.45, 7) is 0. The Kier molecular flexibility index (Phi) is 8.35. The van der Waals surface area contributed by atoms with Crippen LogP contribution in [0.2, 0.25) is 0 Å². The van der Waals surface area contributed by atoms with Crippen LogP contribution in [0.4, 0.5) is 11.4 Å². The summed E-state index contributed by atoms with van der Waals surface area (Å²) in [5.41, 5.74) is 13.6. The van der Waals surface area contributed by atoms with Gasteiger partial charge in [-0.1, -0.05) is 56.4 Å². The first kappa shape index (κ1) is 27.6. The lowest BCUT2D eigenvalue weighted by Crippen LogP contribution is -2.46. The van der Waals surface area contributed by atoms with Gasteiger partial charge in [0.15, 0.2) is 5.69 Å². The highest BCUT2D eigenvalue weighted by molar-refractivity contribution is 7.09. The van der Waals surface area contributed by atoms with E-state index >= 15 is 0 Å². The van der Waals surface area contributed by atoms with Gasteiger partial charge in [-0.15, -0.1) is 0 Å². The SMILES string of the molecule is NC(=O)c1nsc(C(=O)N(c2ccc(C3CCCCC3)cc2)C(C(=O)NC2CCCC2)c2ccc(O)cc2)c1N. The van der Waals surface area contributed by atoms with Crippen LogP contribution in [0.5, 0.6) is 5.75 Å². The standard InChI is InChI=1S/C30H35N5O4S/c31-24-25(28(32)37)34-40-27(24)30(39)35(22-14-10-19(11-15-22)18-6-2-1-3-7-18)26(20-12-16-23(36)17-13-20)29(38)33-21-8-4-5-9-21/h10-18,21,26,36H,1-9,31H2,(H2,32,37)(H,33,38). The van der Waals surface area contributed by atoms with Gasteiger partial charge < -0.3 is 21.9 Å². The summed E-state index contributed by atoms with van der Waals surface area (Å²) >= 11 is 0.782. The van der Waals surface area contributed by atoms with Gasteiger partial charge in [0, 0.05) is 11.7 Å². The van der Waals surface area contributed by atoms with E-state index in [1.807, 2.05) is 24.3 Å². The molecule has 1 unspecified atom stereocenters. The molecule has 2 aliphatic carbocycles. The van der Waals surface area contributed by atoms with Crippen molar-refractivity contribution in [2.24, 2.45) is 5.73 Å². The Morgan fingerprint density at radius 1 is 0.925 bits per heavy atom. The Bertz CT molecular complexity index is 1360. The molecule has 1 atom stereocenters. The van der Waals surface area contributed by atoms with Crippen molar-refractivity contribution in [3.63, 3.8) is 0 Å². The summed E-state index contributed by atoms with van der Waals surface area (Å²) in [4.78, 5) is 41.5. The zero-order valence-electron chi connectivity index (χ0n) is 22.3. The van der Waals surface area contributed by atoms with Crippen LogP contribution in [0.25, 0.3) is 0 Å². The fraction of sp³-hybridized carbons (Fsp3) is 0.400. The van der Waals surface area contributed by atoms with Crippen LogP contribution < -0.4 is 21.7 Å². The second-order valence-corrected chi connectivity index (χ2v) is 11.5. The molecule has 210 valence electrons. The second-order valence-electron chi connectivity index (χ2n) is 10.7. The highest BCUT2D eigenvalue weighted by Crippen LogP contribution is 2.37. The molecule has 3 aromatic rings. The van der Waals surface area contributed by atoms with E-state index < -0.39 is 17.9 Å². The Morgan fingerprint density at radius 2 is 1.55 bits per heavy atom. The van der Waals surface area contributed by atoms with Gasteiger partial charge in [0.25, 0.3) is 11.8 Å². The minimum atomic E-state index is -1.06. The Labute approximate surface area is 237 Å². The quantitative estimate of drug-likeness (QED) is 0.303. The molecule has 2 aromatic carbocycles. The van der Waals surface area contributed by atoms with Gasteiger partial charge in [0.05, 0.1) is 5.69 Å². The van der Waals surface area contributed by atoms with Gasteiger partial charge >= 0.3 is 0 Å². The number of nitrogens with one attached hydrogen (secondary N) is 1. The van der Waals surface area contributed by atoms with E-state index in [0.29, 0.717) is 17.2 Å². The van der Waals surface area contributed by atoms with Crippen LogP contribution in [-0.2, 0) is 4.79 Å². The molecule has 2 saturated carbocycles. The lowest BCUT2D eigenvalue weighted by atomic mass is 9.84. The van der Waals surface area contributed by atoms with Gasteiger partial charge in [-0.25, -0.2) is 0 Å². The highest BCUT2D eigenvalue weighted by atomic mass is 32.1. The molecular weight excluding hydrogens is 526 g/mol. The minimum absolute atomic E-state index is 0.0210. The van der Waals surface area contributed by atoms with Crippen molar-refractivity contribution in [2.75, 3.05) is 10.6 Å². The number of carbonyl (C=O) groups is 3. The molecule has 0 bridgehead atoms. The van der Waals surface area contributed by atoms with Gasteiger partial charge in [-0.3, -0.25) is 19.3 Å². The number of benzene rings is 2. The van der Waals surface area contributed by atoms with E-state index in [9.17, 15) is 19.5 Å². The molecule has 9 nitrogen and oxygen atoms in total. The molecular formula is C30H35N5O4S. The summed E-state index contributed by atoms with van der Waals surface area (Å²) in [7, 11) is 0. The van der Waals surface area contributed by atoms with Crippen LogP contribution in [0.3, 0.4) is 0 Å². The van der Waals surface area contributed by atoms with E-state index in [2.05, 4.69) is 9.69 Å². The average Bonchev–Trinajstić information content (AvgIpc) is 3.62. The molecule has 0 radical (unpaired) electrons. The number of anilines is 2. The fourth-order valence-corrected chi connectivity index (χ4v) is 6.63. The molecule has 2 aliphatic rings. The number of aromatic nitrogens is 1. The van der Waals surface area contributed by atoms with Crippen molar-refractivity contribution < 1.29 is 19.5 Å². The second kappa shape index (κ2) is 12.1. The van der Waals surface area contributed by atoms with Gasteiger partial charge in [0.1, 0.15) is 16.7 Å². The van der Waals surface area contributed by atoms with Crippen molar-refractivity contribution >= 4 is 40.6 Å². The molecule has 3 amide bonds. The number of phenolic OH excluding ortho intramolecular Hbond substituents is 1. The average molecular weight is 562 g/mol. The normalized spacial score (nSPS) is 16.9. The van der Waals surface area contributed by atoms with Gasteiger partial charge in [-0.2, -0.15) is 4.37 Å². The molecule has 1 heterocycles. The van der Waals surface area contributed by atoms with Crippen molar-refractivity contribution in [2.45, 2.75) is 75.8 Å². The molecule has 6 N–H and O–H groups in total. The monoisotopic (exact) mass is 561 g/mol. The predicted molar refractivity (Wildman–Crippen MR) is 155 cm³/mol. The number of hydrogen-bond acceptors (Lipinski definition) is 7. The summed E-state index contributed by atoms with van der Waals surface area (Å²) in [5.74, 6) is -1.20. The number of nitrogen functional groups attached to an aromatic ring is 1. The van der Waals surface area contributed by atoms with E-state index in [1.165, 1.54) is 41.9 Å². The molecule has 5 rings (SSSR count). The molecule has 40 heavy (non-hydrogen) atoms. The number of phenols is 1. The smallest absolute Gasteiger partial charge is 0.273 e. The maximum atomic E-state index is 14.2. The summed E-state index contributed by atoms with van der Waals surface area (Å²) < 4.78 is 4.02. The summed E-state index contributed by atoms with van der Waals surface area (Å²) in [6, 6.07) is 13.0. The zero-order valence-corrected chi connectivity index (χ0v) is 23.2. The van der Waals surface area contributed by atoms with Gasteiger partial charge in [-0.05, 0) is 78.5 Å². The number of rotatable bonds is 8. The number of hydrogen-bond donors (Lipinski definition) is 4. The minimum Gasteiger partial charge on any atom is -0.508 e. The highest BCUT2D eigenvalue weighted by Gasteiger charge is 2.37. The summed E-state index contributed by atoms with van der Waals surface area (Å²) in [5, 5.41) is 13.1. The van der Waals surface area contributed by atoms with Crippen molar-refractivity contribution in [1.29, 1.82) is 0 Å². The van der Waals surface area contributed by atoms with Crippen molar-refractivity contribution in [3.8, 4) is 5.75 Å². The van der Waals surface area contributed by atoms with Crippen LogP contribution in [0.1, 0.15) is 101 Å². The van der Waals surface area contributed by atoms with E-state index in [1.54, 1.807) is 12.1 Å². The molecule has 1 aromatic heterocycles. The van der Waals surface area contributed by atoms with Gasteiger partial charge in [0.2, 0.25) is 5.91 Å². The topological polar surface area (TPSA) is 152 Å². The van der Waals surface area contributed by atoms with Crippen LogP contribution in [0.15, 0.2) is 48.5 Å². The molecule has 0 aliphatic heterocycles. The number of aromatic hydroxyl groups is 1. The Morgan fingerprint density at radius 3 is 2.15 bits per heavy atom. The van der Waals surface area contributed by atoms with Crippen LogP contribution in [-0.4, -0.2) is 33.2 Å². The summed E-state index contributed by atoms with van der Waals surface area (Å²) in [6.07, 6.45) is 9.75. The molecule has 0 saturated heterocycles. The maximum absolute atomic E-state index is 14.2. The number of primary amides is 1.